The van der Waals surface area contributed by atoms with E-state index < -0.39 is 11.6 Å². The van der Waals surface area contributed by atoms with Gasteiger partial charge in [0.1, 0.15) is 11.6 Å². The molecule has 1 heterocycles. The quantitative estimate of drug-likeness (QED) is 0.889. The summed E-state index contributed by atoms with van der Waals surface area (Å²) in [5.41, 5.74) is 1.95. The van der Waals surface area contributed by atoms with Gasteiger partial charge in [0.25, 0.3) is 5.56 Å². The van der Waals surface area contributed by atoms with Crippen LogP contribution < -0.4 is 10.9 Å². The molecule has 0 aliphatic heterocycles. The lowest BCUT2D eigenvalue weighted by Crippen LogP contribution is -2.28. The molecule has 0 aliphatic carbocycles. The summed E-state index contributed by atoms with van der Waals surface area (Å²) in [5.74, 6) is -1.40. The van der Waals surface area contributed by atoms with Gasteiger partial charge in [-0.2, -0.15) is 0 Å². The third kappa shape index (κ3) is 4.48. The van der Waals surface area contributed by atoms with Crippen LogP contribution in [-0.2, 0) is 17.8 Å². The molecule has 2 rings (SSSR count). The molecule has 2 N–H and O–H groups in total. The lowest BCUT2D eigenvalue weighted by molar-refractivity contribution is -0.121. The van der Waals surface area contributed by atoms with Crippen LogP contribution >= 0.6 is 0 Å². The van der Waals surface area contributed by atoms with Gasteiger partial charge >= 0.3 is 0 Å². The predicted molar refractivity (Wildman–Crippen MR) is 83.1 cm³/mol. The number of hydrogen-bond donors (Lipinski definition) is 2. The average molecular weight is 320 g/mol. The van der Waals surface area contributed by atoms with Crippen LogP contribution in [0.25, 0.3) is 0 Å². The average Bonchev–Trinajstić information content (AvgIpc) is 2.47. The lowest BCUT2D eigenvalue weighted by Gasteiger charge is -2.08. The summed E-state index contributed by atoms with van der Waals surface area (Å²) in [6, 6.07) is 4.98. The van der Waals surface area contributed by atoms with Gasteiger partial charge < -0.3 is 10.3 Å². The van der Waals surface area contributed by atoms with Gasteiger partial charge in [-0.15, -0.1) is 0 Å². The summed E-state index contributed by atoms with van der Waals surface area (Å²) >= 11 is 0. The molecule has 0 aliphatic rings. The highest BCUT2D eigenvalue weighted by Gasteiger charge is 2.10. The number of H-pyrrole nitrogens is 1. The van der Waals surface area contributed by atoms with Crippen molar-refractivity contribution in [1.29, 1.82) is 0 Å². The van der Waals surface area contributed by atoms with E-state index in [0.717, 1.165) is 29.5 Å². The molecule has 1 aromatic carbocycles. The number of rotatable bonds is 5. The fourth-order valence-corrected chi connectivity index (χ4v) is 2.36. The topological polar surface area (TPSA) is 62.0 Å². The molecule has 0 fully saturated rings. The minimum atomic E-state index is -0.538. The van der Waals surface area contributed by atoms with Crippen molar-refractivity contribution in [3.05, 3.63) is 68.6 Å². The normalized spacial score (nSPS) is 10.6. The fourth-order valence-electron chi connectivity index (χ4n) is 2.36. The van der Waals surface area contributed by atoms with Gasteiger partial charge in [-0.3, -0.25) is 9.59 Å². The number of hydrogen-bond acceptors (Lipinski definition) is 2. The molecule has 1 aromatic heterocycles. The summed E-state index contributed by atoms with van der Waals surface area (Å²) in [7, 11) is 0. The standard InChI is InChI=1S/C17H18F2N2O2/c1-10-7-11(2)21-17(23)14(10)9-20-16(22)6-3-12-8-13(18)4-5-15(12)19/h4-5,7-8H,3,6,9H2,1-2H3,(H,20,22)(H,21,23). The van der Waals surface area contributed by atoms with Crippen molar-refractivity contribution in [3.63, 3.8) is 0 Å². The third-order valence-electron chi connectivity index (χ3n) is 3.59. The van der Waals surface area contributed by atoms with Gasteiger partial charge in [0.15, 0.2) is 0 Å². The van der Waals surface area contributed by atoms with Crippen LogP contribution in [0.2, 0.25) is 0 Å². The SMILES string of the molecule is Cc1cc(C)c(CNC(=O)CCc2cc(F)ccc2F)c(=O)[nH]1. The molecule has 0 bridgehead atoms. The first kappa shape index (κ1) is 16.9. The first-order chi connectivity index (χ1) is 10.9. The number of amides is 1. The van der Waals surface area contributed by atoms with Crippen molar-refractivity contribution >= 4 is 5.91 Å². The molecule has 6 heteroatoms. The molecular weight excluding hydrogens is 302 g/mol. The molecule has 0 atom stereocenters. The second-order valence-electron chi connectivity index (χ2n) is 5.46. The van der Waals surface area contributed by atoms with E-state index >= 15 is 0 Å². The third-order valence-corrected chi connectivity index (χ3v) is 3.59. The van der Waals surface area contributed by atoms with Gasteiger partial charge in [0.05, 0.1) is 0 Å². The number of aryl methyl sites for hydroxylation is 3. The van der Waals surface area contributed by atoms with E-state index in [1.165, 1.54) is 0 Å². The van der Waals surface area contributed by atoms with Crippen LogP contribution in [0.5, 0.6) is 0 Å². The number of benzene rings is 1. The molecule has 1 amide bonds. The molecule has 0 spiro atoms. The minimum absolute atomic E-state index is 0.0171. The smallest absolute Gasteiger partial charge is 0.253 e. The van der Waals surface area contributed by atoms with Crippen LogP contribution in [0.1, 0.15) is 28.8 Å². The summed E-state index contributed by atoms with van der Waals surface area (Å²) in [6.45, 7) is 3.68. The van der Waals surface area contributed by atoms with Crippen molar-refractivity contribution in [3.8, 4) is 0 Å². The number of aromatic nitrogens is 1. The molecule has 0 saturated heterocycles. The van der Waals surface area contributed by atoms with E-state index in [1.54, 1.807) is 13.8 Å². The Morgan fingerprint density at radius 3 is 2.65 bits per heavy atom. The summed E-state index contributed by atoms with van der Waals surface area (Å²) in [4.78, 5) is 26.3. The molecule has 23 heavy (non-hydrogen) atoms. The second kappa shape index (κ2) is 7.17. The van der Waals surface area contributed by atoms with E-state index in [4.69, 9.17) is 0 Å². The molecule has 0 saturated carbocycles. The summed E-state index contributed by atoms with van der Waals surface area (Å²) in [5, 5.41) is 2.63. The number of aromatic amines is 1. The molecular formula is C17H18F2N2O2. The van der Waals surface area contributed by atoms with E-state index in [2.05, 4.69) is 10.3 Å². The van der Waals surface area contributed by atoms with Gasteiger partial charge in [-0.1, -0.05) is 0 Å². The maximum Gasteiger partial charge on any atom is 0.253 e. The Morgan fingerprint density at radius 1 is 1.22 bits per heavy atom. The maximum absolute atomic E-state index is 13.5. The summed E-state index contributed by atoms with van der Waals surface area (Å²) in [6.07, 6.45) is 0.113. The maximum atomic E-state index is 13.5. The van der Waals surface area contributed by atoms with Crippen molar-refractivity contribution in [2.75, 3.05) is 0 Å². The van der Waals surface area contributed by atoms with E-state index in [0.29, 0.717) is 5.56 Å². The van der Waals surface area contributed by atoms with Crippen LogP contribution in [0.3, 0.4) is 0 Å². The molecule has 0 radical (unpaired) electrons. The van der Waals surface area contributed by atoms with E-state index in [9.17, 15) is 18.4 Å². The Morgan fingerprint density at radius 2 is 1.96 bits per heavy atom. The first-order valence-corrected chi connectivity index (χ1v) is 7.27. The number of carbonyl (C=O) groups is 1. The Labute approximate surface area is 132 Å². The number of pyridine rings is 1. The first-order valence-electron chi connectivity index (χ1n) is 7.27. The zero-order chi connectivity index (χ0) is 17.0. The largest absolute Gasteiger partial charge is 0.352 e. The van der Waals surface area contributed by atoms with Crippen molar-refractivity contribution < 1.29 is 13.6 Å². The molecule has 122 valence electrons. The molecule has 2 aromatic rings. The van der Waals surface area contributed by atoms with Crippen molar-refractivity contribution in [2.45, 2.75) is 33.2 Å². The number of halogens is 2. The Balaban J connectivity index is 1.93. The van der Waals surface area contributed by atoms with Gasteiger partial charge in [-0.05, 0) is 55.7 Å². The zero-order valence-electron chi connectivity index (χ0n) is 13.0. The van der Waals surface area contributed by atoms with Gasteiger partial charge in [0.2, 0.25) is 5.91 Å². The highest BCUT2D eigenvalue weighted by atomic mass is 19.1. The highest BCUT2D eigenvalue weighted by molar-refractivity contribution is 5.76. The van der Waals surface area contributed by atoms with E-state index in [1.807, 2.05) is 6.07 Å². The van der Waals surface area contributed by atoms with Crippen LogP contribution in [0, 0.1) is 25.5 Å². The minimum Gasteiger partial charge on any atom is -0.352 e. The van der Waals surface area contributed by atoms with E-state index in [-0.39, 0.29) is 36.4 Å². The Hall–Kier alpha value is -2.50. The number of nitrogens with one attached hydrogen (secondary N) is 2. The highest BCUT2D eigenvalue weighted by Crippen LogP contribution is 2.12. The summed E-state index contributed by atoms with van der Waals surface area (Å²) < 4.78 is 26.5. The van der Waals surface area contributed by atoms with Crippen LogP contribution in [0.4, 0.5) is 8.78 Å². The van der Waals surface area contributed by atoms with Gasteiger partial charge in [-0.25, -0.2) is 8.78 Å². The molecule has 0 unspecified atom stereocenters. The Bertz CT molecular complexity index is 785. The lowest BCUT2D eigenvalue weighted by atomic mass is 10.1. The van der Waals surface area contributed by atoms with Crippen LogP contribution in [0.15, 0.2) is 29.1 Å². The predicted octanol–water partition coefficient (Wildman–Crippen LogP) is 2.52. The second-order valence-corrected chi connectivity index (χ2v) is 5.46. The Kier molecular flexibility index (Phi) is 5.26. The zero-order valence-corrected chi connectivity index (χ0v) is 13.0. The fraction of sp³-hybridized carbons (Fsp3) is 0.294. The van der Waals surface area contributed by atoms with Gasteiger partial charge in [0, 0.05) is 24.2 Å². The van der Waals surface area contributed by atoms with Crippen molar-refractivity contribution in [2.24, 2.45) is 0 Å². The van der Waals surface area contributed by atoms with Crippen LogP contribution in [-0.4, -0.2) is 10.9 Å². The molecule has 4 nitrogen and oxygen atoms in total. The monoisotopic (exact) mass is 320 g/mol. The van der Waals surface area contributed by atoms with Crippen molar-refractivity contribution in [1.82, 2.24) is 10.3 Å². The number of carbonyl (C=O) groups excluding carboxylic acids is 1.